The van der Waals surface area contributed by atoms with E-state index in [1.165, 1.54) is 5.01 Å². The van der Waals surface area contributed by atoms with Crippen LogP contribution in [-0.2, 0) is 28.7 Å². The van der Waals surface area contributed by atoms with E-state index in [-0.39, 0.29) is 25.9 Å². The lowest BCUT2D eigenvalue weighted by Crippen LogP contribution is -2.63. The number of hydrogen-bond donors (Lipinski definition) is 3. The summed E-state index contributed by atoms with van der Waals surface area (Å²) in [7, 11) is 0. The summed E-state index contributed by atoms with van der Waals surface area (Å²) in [6.07, 6.45) is 8.60. The minimum absolute atomic E-state index is 0.0431. The summed E-state index contributed by atoms with van der Waals surface area (Å²) in [5.41, 5.74) is 4.41. The van der Waals surface area contributed by atoms with E-state index in [9.17, 15) is 24.0 Å². The third-order valence-corrected chi connectivity index (χ3v) is 6.82. The maximum Gasteiger partial charge on any atom is 0.310 e. The first-order valence-corrected chi connectivity index (χ1v) is 13.3. The number of benzene rings is 1. The van der Waals surface area contributed by atoms with Gasteiger partial charge in [0.15, 0.2) is 0 Å². The number of allylic oxidation sites excluding steroid dienone is 3. The third-order valence-electron chi connectivity index (χ3n) is 6.82. The van der Waals surface area contributed by atoms with E-state index in [1.54, 1.807) is 30.3 Å². The molecule has 1 unspecified atom stereocenters. The fourth-order valence-corrected chi connectivity index (χ4v) is 4.75. The molecule has 0 saturated carbocycles. The normalized spacial score (nSPS) is 23.4. The fourth-order valence-electron chi connectivity index (χ4n) is 4.75. The highest BCUT2D eigenvalue weighted by atomic mass is 16.7. The number of rotatable bonds is 11. The summed E-state index contributed by atoms with van der Waals surface area (Å²) in [5, 5.41) is 6.76. The molecule has 39 heavy (non-hydrogen) atoms. The predicted octanol–water partition coefficient (Wildman–Crippen LogP) is 1.31. The average Bonchev–Trinajstić information content (AvgIpc) is 3.32. The Hall–Kier alpha value is -3.83. The number of amides is 3. The van der Waals surface area contributed by atoms with Crippen molar-refractivity contribution >= 4 is 30.0 Å². The molecule has 1 aliphatic carbocycles. The van der Waals surface area contributed by atoms with E-state index in [2.05, 4.69) is 22.1 Å². The standard InChI is InChI=1S/C28H34N4O7/c33-16-8-13-21(30-25(35)20-11-5-2-6-12-20)27(37)32-23(14-7-15-29-32)26(36)31-22-17-24(34)39-28(22)38-18-19-9-3-1-4-10-19/h1-3,5-6,9,11-12,16,21-23,28-29H,4,7-8,10,13-15,17-18H2,(H,30,35)(H,31,36)/t21-,22-,23-,28?/m0/s1. The second-order valence-electron chi connectivity index (χ2n) is 9.69. The Morgan fingerprint density at radius 2 is 2.05 bits per heavy atom. The highest BCUT2D eigenvalue weighted by Gasteiger charge is 2.41. The highest BCUT2D eigenvalue weighted by molar-refractivity contribution is 5.98. The first-order valence-electron chi connectivity index (χ1n) is 13.3. The van der Waals surface area contributed by atoms with E-state index < -0.39 is 48.1 Å². The van der Waals surface area contributed by atoms with Crippen LogP contribution in [0.2, 0.25) is 0 Å². The summed E-state index contributed by atoms with van der Waals surface area (Å²) in [5.74, 6) is -1.92. The van der Waals surface area contributed by atoms with Gasteiger partial charge in [-0.15, -0.1) is 0 Å². The van der Waals surface area contributed by atoms with Crippen molar-refractivity contribution in [3.63, 3.8) is 0 Å². The van der Waals surface area contributed by atoms with E-state index >= 15 is 0 Å². The van der Waals surface area contributed by atoms with E-state index in [0.29, 0.717) is 31.2 Å². The molecular formula is C28H34N4O7. The van der Waals surface area contributed by atoms with Gasteiger partial charge in [-0.05, 0) is 49.8 Å². The molecule has 1 aromatic carbocycles. The van der Waals surface area contributed by atoms with Gasteiger partial charge < -0.3 is 24.9 Å². The van der Waals surface area contributed by atoms with Crippen molar-refractivity contribution < 1.29 is 33.4 Å². The molecule has 0 radical (unpaired) electrons. The van der Waals surface area contributed by atoms with Crippen LogP contribution in [0.5, 0.6) is 0 Å². The van der Waals surface area contributed by atoms with Crippen molar-refractivity contribution in [1.82, 2.24) is 21.1 Å². The molecule has 0 aromatic heterocycles. The minimum atomic E-state index is -1.02. The van der Waals surface area contributed by atoms with Crippen molar-refractivity contribution in [2.24, 2.45) is 0 Å². The number of cyclic esters (lactones) is 1. The fraction of sp³-hybridized carbons (Fsp3) is 0.464. The topological polar surface area (TPSA) is 143 Å². The lowest BCUT2D eigenvalue weighted by Gasteiger charge is -2.37. The predicted molar refractivity (Wildman–Crippen MR) is 140 cm³/mol. The lowest BCUT2D eigenvalue weighted by atomic mass is 10.0. The van der Waals surface area contributed by atoms with Gasteiger partial charge in [0.1, 0.15) is 24.4 Å². The van der Waals surface area contributed by atoms with Crippen LogP contribution in [0.1, 0.15) is 55.3 Å². The molecule has 0 bridgehead atoms. The first kappa shape index (κ1) is 28.2. The largest absolute Gasteiger partial charge is 0.433 e. The number of nitrogens with zero attached hydrogens (tertiary/aromatic N) is 1. The summed E-state index contributed by atoms with van der Waals surface area (Å²) in [6.45, 7) is 0.743. The quantitative estimate of drug-likeness (QED) is 0.283. The summed E-state index contributed by atoms with van der Waals surface area (Å²) in [4.78, 5) is 62.8. The van der Waals surface area contributed by atoms with E-state index in [1.807, 2.05) is 12.2 Å². The Kier molecular flexibility index (Phi) is 9.98. The molecule has 4 atom stereocenters. The van der Waals surface area contributed by atoms with Gasteiger partial charge >= 0.3 is 5.97 Å². The monoisotopic (exact) mass is 538 g/mol. The number of hydrogen-bond acceptors (Lipinski definition) is 8. The van der Waals surface area contributed by atoms with Crippen LogP contribution in [0, 0.1) is 0 Å². The second kappa shape index (κ2) is 13.8. The molecule has 2 saturated heterocycles. The van der Waals surface area contributed by atoms with Crippen LogP contribution in [0.3, 0.4) is 0 Å². The molecule has 2 aliphatic heterocycles. The van der Waals surface area contributed by atoms with Gasteiger partial charge in [-0.1, -0.05) is 36.4 Å². The Morgan fingerprint density at radius 3 is 2.79 bits per heavy atom. The van der Waals surface area contributed by atoms with E-state index in [4.69, 9.17) is 9.47 Å². The SMILES string of the molecule is O=CCC[C@H](NC(=O)c1ccccc1)C(=O)N1NCCC[C@H]1C(=O)N[C@H]1CC(=O)OC1OCC1=CC=CCC1. The number of nitrogens with one attached hydrogen (secondary N) is 3. The second-order valence-corrected chi connectivity index (χ2v) is 9.69. The zero-order valence-electron chi connectivity index (χ0n) is 21.7. The molecule has 208 valence electrons. The van der Waals surface area contributed by atoms with Crippen LogP contribution < -0.4 is 16.1 Å². The Labute approximate surface area is 226 Å². The van der Waals surface area contributed by atoms with Crippen molar-refractivity contribution in [3.8, 4) is 0 Å². The third kappa shape index (κ3) is 7.61. The molecule has 1 aromatic rings. The molecule has 3 N–H and O–H groups in total. The molecule has 4 rings (SSSR count). The van der Waals surface area contributed by atoms with Gasteiger partial charge in [0.2, 0.25) is 12.2 Å². The molecule has 11 nitrogen and oxygen atoms in total. The van der Waals surface area contributed by atoms with Gasteiger partial charge in [-0.2, -0.15) is 0 Å². The number of hydrazine groups is 1. The number of ether oxygens (including phenoxy) is 2. The first-order chi connectivity index (χ1) is 19.0. The maximum atomic E-state index is 13.6. The molecular weight excluding hydrogens is 504 g/mol. The maximum absolute atomic E-state index is 13.6. The van der Waals surface area contributed by atoms with Gasteiger partial charge in [0.05, 0.1) is 13.0 Å². The highest BCUT2D eigenvalue weighted by Crippen LogP contribution is 2.21. The molecule has 0 spiro atoms. The number of esters is 1. The van der Waals surface area contributed by atoms with Gasteiger partial charge in [0.25, 0.3) is 11.8 Å². The Morgan fingerprint density at radius 1 is 1.23 bits per heavy atom. The van der Waals surface area contributed by atoms with Gasteiger partial charge in [-0.3, -0.25) is 24.2 Å². The summed E-state index contributed by atoms with van der Waals surface area (Å²) in [6, 6.07) is 5.83. The van der Waals surface area contributed by atoms with Crippen molar-refractivity contribution in [2.75, 3.05) is 13.2 Å². The van der Waals surface area contributed by atoms with Crippen molar-refractivity contribution in [3.05, 3.63) is 59.7 Å². The molecule has 11 heteroatoms. The van der Waals surface area contributed by atoms with Crippen LogP contribution in [0.4, 0.5) is 0 Å². The van der Waals surface area contributed by atoms with Gasteiger partial charge in [-0.25, -0.2) is 5.43 Å². The smallest absolute Gasteiger partial charge is 0.310 e. The molecule has 3 amide bonds. The van der Waals surface area contributed by atoms with Crippen molar-refractivity contribution in [1.29, 1.82) is 0 Å². The minimum Gasteiger partial charge on any atom is -0.433 e. The Bertz CT molecular complexity index is 1120. The van der Waals surface area contributed by atoms with Crippen LogP contribution in [-0.4, -0.2) is 72.6 Å². The zero-order chi connectivity index (χ0) is 27.6. The molecule has 2 heterocycles. The Balaban J connectivity index is 1.41. The molecule has 3 aliphatic rings. The zero-order valence-corrected chi connectivity index (χ0v) is 21.7. The van der Waals surface area contributed by atoms with Crippen LogP contribution in [0.15, 0.2) is 54.1 Å². The van der Waals surface area contributed by atoms with Gasteiger partial charge in [0, 0.05) is 18.5 Å². The number of carbonyl (C=O) groups excluding carboxylic acids is 5. The average molecular weight is 539 g/mol. The van der Waals surface area contributed by atoms with Crippen LogP contribution in [0.25, 0.3) is 0 Å². The van der Waals surface area contributed by atoms with Crippen LogP contribution >= 0.6 is 0 Å². The summed E-state index contributed by atoms with van der Waals surface area (Å²) >= 11 is 0. The summed E-state index contributed by atoms with van der Waals surface area (Å²) < 4.78 is 11.1. The molecule has 2 fully saturated rings. The van der Waals surface area contributed by atoms with Crippen molar-refractivity contribution in [2.45, 2.75) is 69.4 Å². The number of carbonyl (C=O) groups is 5. The number of aldehydes is 1. The van der Waals surface area contributed by atoms with E-state index in [0.717, 1.165) is 18.4 Å². The lowest BCUT2D eigenvalue weighted by molar-refractivity contribution is -0.164.